The number of nitrogens with zero attached hydrogens (tertiary/aromatic N) is 1. The molecule has 144 valence electrons. The van der Waals surface area contributed by atoms with E-state index in [9.17, 15) is 4.79 Å². The number of benzene rings is 1. The van der Waals surface area contributed by atoms with Gasteiger partial charge in [-0.25, -0.2) is 4.79 Å². The Bertz CT molecular complexity index is 986. The number of hydrogen-bond donors (Lipinski definition) is 2. The molecule has 0 amide bonds. The van der Waals surface area contributed by atoms with Crippen LogP contribution < -0.4 is 27.7 Å². The van der Waals surface area contributed by atoms with E-state index in [-0.39, 0.29) is 0 Å². The van der Waals surface area contributed by atoms with E-state index in [0.29, 0.717) is 29.6 Å². The molecule has 0 spiro atoms. The lowest BCUT2D eigenvalue weighted by atomic mass is 10.0. The Morgan fingerprint density at radius 3 is 2.59 bits per heavy atom. The third-order valence-corrected chi connectivity index (χ3v) is 4.69. The number of anilines is 1. The first-order chi connectivity index (χ1) is 12.9. The first-order valence-corrected chi connectivity index (χ1v) is 9.26. The highest BCUT2D eigenvalue weighted by molar-refractivity contribution is 5.67. The highest BCUT2D eigenvalue weighted by Crippen LogP contribution is 2.21. The molecule has 1 aromatic heterocycles. The Labute approximate surface area is 160 Å². The van der Waals surface area contributed by atoms with E-state index in [1.807, 2.05) is 30.4 Å². The molecule has 0 saturated carbocycles. The van der Waals surface area contributed by atoms with Gasteiger partial charge in [-0.05, 0) is 75.2 Å². The van der Waals surface area contributed by atoms with Gasteiger partial charge in [-0.1, -0.05) is 12.6 Å². The molecule has 0 aliphatic carbocycles. The maximum Gasteiger partial charge on any atom is 0.344 e. The van der Waals surface area contributed by atoms with Gasteiger partial charge in [0.1, 0.15) is 5.42 Å². The second-order valence-electron chi connectivity index (χ2n) is 6.43. The minimum Gasteiger partial charge on any atom is -0.423 e. The average Bonchev–Trinajstić information content (AvgIpc) is 2.64. The van der Waals surface area contributed by atoms with Crippen molar-refractivity contribution in [2.45, 2.75) is 27.2 Å². The number of nitrogens with two attached hydrogens (primary N) is 2. The fourth-order valence-electron chi connectivity index (χ4n) is 3.05. The molecule has 0 aliphatic heterocycles. The summed E-state index contributed by atoms with van der Waals surface area (Å²) in [5, 5.41) is 0.772. The van der Waals surface area contributed by atoms with E-state index >= 15 is 0 Å². The molecule has 27 heavy (non-hydrogen) atoms. The van der Waals surface area contributed by atoms with E-state index < -0.39 is 5.63 Å². The van der Waals surface area contributed by atoms with Crippen LogP contribution in [0.2, 0.25) is 0 Å². The van der Waals surface area contributed by atoms with E-state index in [1.54, 1.807) is 6.07 Å². The van der Waals surface area contributed by atoms with Crippen molar-refractivity contribution in [3.8, 4) is 11.1 Å². The summed E-state index contributed by atoms with van der Waals surface area (Å²) < 4.78 is 5.37. The van der Waals surface area contributed by atoms with E-state index in [4.69, 9.17) is 15.9 Å². The van der Waals surface area contributed by atoms with Crippen molar-refractivity contribution < 1.29 is 4.42 Å². The second-order valence-corrected chi connectivity index (χ2v) is 6.43. The third-order valence-electron chi connectivity index (χ3n) is 4.69. The summed E-state index contributed by atoms with van der Waals surface area (Å²) in [5.74, 6) is 0. The molecule has 0 fully saturated rings. The van der Waals surface area contributed by atoms with Crippen molar-refractivity contribution in [2.75, 3.05) is 25.4 Å². The van der Waals surface area contributed by atoms with Crippen LogP contribution >= 0.6 is 0 Å². The minimum atomic E-state index is -0.412. The SMILES string of the molecule is C=c1oc(=O)c(-c2ccc(N)c(CCN)c2)c/c1=C/C=C(\C)N(CC)CC. The second kappa shape index (κ2) is 9.24. The lowest BCUT2D eigenvalue weighted by molar-refractivity contribution is 0.384. The lowest BCUT2D eigenvalue weighted by Gasteiger charge is -2.20. The van der Waals surface area contributed by atoms with Crippen LogP contribution in [0.4, 0.5) is 5.69 Å². The Kier molecular flexibility index (Phi) is 7.02. The fraction of sp³-hybridized carbons (Fsp3) is 0.318. The largest absolute Gasteiger partial charge is 0.423 e. The molecular weight excluding hydrogens is 338 g/mol. The van der Waals surface area contributed by atoms with Crippen LogP contribution in [0.15, 0.2) is 45.3 Å². The summed E-state index contributed by atoms with van der Waals surface area (Å²) in [4.78, 5) is 14.6. The first-order valence-electron chi connectivity index (χ1n) is 9.26. The highest BCUT2D eigenvalue weighted by Gasteiger charge is 2.08. The van der Waals surface area contributed by atoms with Gasteiger partial charge in [0, 0.05) is 29.7 Å². The van der Waals surface area contributed by atoms with Gasteiger partial charge in [0.05, 0.1) is 5.56 Å². The number of allylic oxidation sites excluding steroid dienone is 2. The molecule has 0 aliphatic rings. The van der Waals surface area contributed by atoms with Crippen LogP contribution in [0.5, 0.6) is 0 Å². The predicted molar refractivity (Wildman–Crippen MR) is 113 cm³/mol. The quantitative estimate of drug-likeness (QED) is 0.729. The number of hydrogen-bond acceptors (Lipinski definition) is 5. The summed E-state index contributed by atoms with van der Waals surface area (Å²) in [5.41, 5.74) is 15.6. The van der Waals surface area contributed by atoms with Crippen LogP contribution in [-0.2, 0) is 6.42 Å². The maximum atomic E-state index is 12.4. The Morgan fingerprint density at radius 1 is 1.26 bits per heavy atom. The molecule has 0 radical (unpaired) electrons. The molecule has 0 unspecified atom stereocenters. The summed E-state index contributed by atoms with van der Waals surface area (Å²) in [6.45, 7) is 12.5. The molecule has 0 bridgehead atoms. The molecular formula is C22H29N3O2. The van der Waals surface area contributed by atoms with Crippen LogP contribution in [0.1, 0.15) is 26.3 Å². The fourth-order valence-corrected chi connectivity index (χ4v) is 3.05. The average molecular weight is 367 g/mol. The Morgan fingerprint density at radius 2 is 1.96 bits per heavy atom. The molecule has 4 N–H and O–H groups in total. The first kappa shape index (κ1) is 20.5. The van der Waals surface area contributed by atoms with Crippen LogP contribution in [0.3, 0.4) is 0 Å². The third kappa shape index (κ3) is 4.89. The van der Waals surface area contributed by atoms with Gasteiger partial charge in [0.2, 0.25) is 0 Å². The summed E-state index contributed by atoms with van der Waals surface area (Å²) in [7, 11) is 0. The predicted octanol–water partition coefficient (Wildman–Crippen LogP) is 1.83. The van der Waals surface area contributed by atoms with Crippen molar-refractivity contribution in [1.82, 2.24) is 4.90 Å². The molecule has 5 heteroatoms. The smallest absolute Gasteiger partial charge is 0.344 e. The van der Waals surface area contributed by atoms with E-state index in [0.717, 1.165) is 35.1 Å². The maximum absolute atomic E-state index is 12.4. The van der Waals surface area contributed by atoms with Gasteiger partial charge in [-0.2, -0.15) is 0 Å². The molecule has 1 aromatic carbocycles. The highest BCUT2D eigenvalue weighted by atomic mass is 16.4. The van der Waals surface area contributed by atoms with Crippen molar-refractivity contribution in [3.63, 3.8) is 0 Å². The molecule has 1 heterocycles. The minimum absolute atomic E-state index is 0.352. The van der Waals surface area contributed by atoms with Gasteiger partial charge in [-0.3, -0.25) is 0 Å². The zero-order valence-corrected chi connectivity index (χ0v) is 16.4. The molecule has 0 saturated heterocycles. The standard InChI is InChI=1S/C22H29N3O2/c1-5-25(6-2)15(3)7-8-17-14-20(22(26)27-16(17)4)18-9-10-21(24)19(13-18)11-12-23/h7-10,13-14H,4-6,11-12,23-24H2,1-3H3/b15-7+,17-8-. The molecule has 2 aromatic rings. The Balaban J connectivity index is 2.56. The monoisotopic (exact) mass is 367 g/mol. The van der Waals surface area contributed by atoms with Crippen molar-refractivity contribution in [1.29, 1.82) is 0 Å². The van der Waals surface area contributed by atoms with Crippen LogP contribution in [-0.4, -0.2) is 24.5 Å². The topological polar surface area (TPSA) is 85.5 Å². The summed E-state index contributed by atoms with van der Waals surface area (Å²) >= 11 is 0. The number of nitrogen functional groups attached to an aromatic ring is 1. The number of rotatable bonds is 7. The van der Waals surface area contributed by atoms with Crippen molar-refractivity contribution in [3.05, 3.63) is 62.7 Å². The van der Waals surface area contributed by atoms with Gasteiger partial charge < -0.3 is 20.8 Å². The zero-order chi connectivity index (χ0) is 20.0. The normalized spacial score (nSPS) is 12.4. The van der Waals surface area contributed by atoms with E-state index in [2.05, 4.69) is 32.3 Å². The molecule has 5 nitrogen and oxygen atoms in total. The zero-order valence-electron chi connectivity index (χ0n) is 16.4. The van der Waals surface area contributed by atoms with Crippen molar-refractivity contribution in [2.24, 2.45) is 5.73 Å². The van der Waals surface area contributed by atoms with Crippen LogP contribution in [0, 0.1) is 0 Å². The summed E-state index contributed by atoms with van der Waals surface area (Å²) in [6, 6.07) is 7.34. The molecule has 0 atom stereocenters. The van der Waals surface area contributed by atoms with E-state index in [1.165, 1.54) is 0 Å². The van der Waals surface area contributed by atoms with Crippen molar-refractivity contribution >= 4 is 18.3 Å². The van der Waals surface area contributed by atoms with Gasteiger partial charge >= 0.3 is 5.63 Å². The van der Waals surface area contributed by atoms with Gasteiger partial charge in [0.15, 0.2) is 0 Å². The lowest BCUT2D eigenvalue weighted by Crippen LogP contribution is -2.28. The summed E-state index contributed by atoms with van der Waals surface area (Å²) in [6.07, 6.45) is 4.60. The Hall–Kier alpha value is -2.79. The van der Waals surface area contributed by atoms with Gasteiger partial charge in [0.25, 0.3) is 0 Å². The van der Waals surface area contributed by atoms with Gasteiger partial charge in [-0.15, -0.1) is 0 Å². The van der Waals surface area contributed by atoms with Crippen LogP contribution in [0.25, 0.3) is 23.8 Å². The molecule has 2 rings (SSSR count).